The van der Waals surface area contributed by atoms with Crippen LogP contribution in [0.25, 0.3) is 0 Å². The van der Waals surface area contributed by atoms with E-state index in [0.29, 0.717) is 16.7 Å². The molecule has 5 heteroatoms. The zero-order valence-corrected chi connectivity index (χ0v) is 12.9. The number of halogens is 2. The highest BCUT2D eigenvalue weighted by atomic mass is 35.5. The van der Waals surface area contributed by atoms with E-state index >= 15 is 0 Å². The number of benzene rings is 1. The van der Waals surface area contributed by atoms with Crippen molar-refractivity contribution in [2.45, 2.75) is 38.4 Å². The lowest BCUT2D eigenvalue weighted by molar-refractivity contribution is -0.147. The monoisotopic (exact) mass is 316 g/mol. The number of carbonyl (C=O) groups is 1. The smallest absolute Gasteiger partial charge is 0.308 e. The number of hydrogen-bond acceptors (Lipinski definition) is 3. The van der Waals surface area contributed by atoms with Gasteiger partial charge in [-0.25, -0.2) is 0 Å². The Kier molecular flexibility index (Phi) is 5.70. The van der Waals surface area contributed by atoms with Gasteiger partial charge in [0.1, 0.15) is 0 Å². The predicted molar refractivity (Wildman–Crippen MR) is 79.0 cm³/mol. The first-order valence-corrected chi connectivity index (χ1v) is 7.49. The van der Waals surface area contributed by atoms with Crippen LogP contribution >= 0.6 is 23.2 Å². The van der Waals surface area contributed by atoms with Crippen LogP contribution in [0.15, 0.2) is 18.2 Å². The number of hydrogen-bond donors (Lipinski definition) is 0. The molecule has 2 rings (SSSR count). The molecule has 0 spiro atoms. The van der Waals surface area contributed by atoms with E-state index in [-0.39, 0.29) is 18.0 Å². The highest BCUT2D eigenvalue weighted by Gasteiger charge is 2.27. The number of esters is 1. The number of carbonyl (C=O) groups excluding carboxylic acids is 1. The first-order chi connectivity index (χ1) is 9.60. The summed E-state index contributed by atoms with van der Waals surface area (Å²) >= 11 is 11.8. The summed E-state index contributed by atoms with van der Waals surface area (Å²) in [6, 6.07) is 5.51. The molecule has 0 aliphatic heterocycles. The van der Waals surface area contributed by atoms with Gasteiger partial charge in [0, 0.05) is 0 Å². The van der Waals surface area contributed by atoms with E-state index < -0.39 is 0 Å². The Balaban J connectivity index is 1.78. The molecule has 0 atom stereocenters. The van der Waals surface area contributed by atoms with Crippen LogP contribution in [0, 0.1) is 5.92 Å². The van der Waals surface area contributed by atoms with Gasteiger partial charge >= 0.3 is 5.97 Å². The van der Waals surface area contributed by atoms with Crippen molar-refractivity contribution in [1.82, 2.24) is 0 Å². The van der Waals surface area contributed by atoms with Gasteiger partial charge in [0.15, 0.2) is 0 Å². The average molecular weight is 317 g/mol. The van der Waals surface area contributed by atoms with Gasteiger partial charge in [0.25, 0.3) is 0 Å². The molecular formula is C15H18Cl2O3. The van der Waals surface area contributed by atoms with Crippen LogP contribution in [-0.2, 0) is 20.9 Å². The molecule has 0 bridgehead atoms. The molecule has 110 valence electrons. The maximum Gasteiger partial charge on any atom is 0.308 e. The molecule has 1 aromatic rings. The Bertz CT molecular complexity index is 468. The van der Waals surface area contributed by atoms with Gasteiger partial charge in [0.2, 0.25) is 0 Å². The van der Waals surface area contributed by atoms with Crippen LogP contribution < -0.4 is 0 Å². The van der Waals surface area contributed by atoms with Crippen LogP contribution in [0.5, 0.6) is 0 Å². The quantitative estimate of drug-likeness (QED) is 0.779. The van der Waals surface area contributed by atoms with Crippen molar-refractivity contribution in [2.24, 2.45) is 5.92 Å². The van der Waals surface area contributed by atoms with Gasteiger partial charge in [-0.3, -0.25) is 4.79 Å². The summed E-state index contributed by atoms with van der Waals surface area (Å²) < 4.78 is 10.6. The molecule has 0 saturated heterocycles. The lowest BCUT2D eigenvalue weighted by Crippen LogP contribution is -2.26. The Morgan fingerprint density at radius 1 is 1.20 bits per heavy atom. The molecule has 0 N–H and O–H groups in total. The van der Waals surface area contributed by atoms with E-state index in [1.807, 2.05) is 12.1 Å². The van der Waals surface area contributed by atoms with Crippen LogP contribution in [-0.4, -0.2) is 19.2 Å². The molecule has 1 fully saturated rings. The fraction of sp³-hybridized carbons (Fsp3) is 0.533. The Morgan fingerprint density at radius 2 is 1.90 bits per heavy atom. The number of methoxy groups -OCH3 is 1. The highest BCUT2D eigenvalue weighted by Crippen LogP contribution is 2.28. The normalized spacial score (nSPS) is 22.6. The molecule has 0 heterocycles. The maximum atomic E-state index is 11.4. The summed E-state index contributed by atoms with van der Waals surface area (Å²) in [5, 5.41) is 1.09. The van der Waals surface area contributed by atoms with Gasteiger partial charge in [0.05, 0.1) is 35.8 Å². The summed E-state index contributed by atoms with van der Waals surface area (Å²) in [6.45, 7) is 0.518. The van der Waals surface area contributed by atoms with Crippen LogP contribution in [0.4, 0.5) is 0 Å². The molecule has 20 heavy (non-hydrogen) atoms. The molecule has 0 unspecified atom stereocenters. The van der Waals surface area contributed by atoms with E-state index in [2.05, 4.69) is 0 Å². The van der Waals surface area contributed by atoms with E-state index in [1.54, 1.807) is 6.07 Å². The molecule has 1 aliphatic carbocycles. The van der Waals surface area contributed by atoms with Gasteiger partial charge < -0.3 is 9.47 Å². The Morgan fingerprint density at radius 3 is 2.50 bits per heavy atom. The SMILES string of the molecule is COC(=O)C1CCC(OCc2ccc(Cl)c(Cl)c2)CC1. The average Bonchev–Trinajstić information content (AvgIpc) is 2.48. The molecule has 0 amide bonds. The molecular weight excluding hydrogens is 299 g/mol. The minimum atomic E-state index is -0.104. The fourth-order valence-corrected chi connectivity index (χ4v) is 2.80. The molecule has 1 aliphatic rings. The van der Waals surface area contributed by atoms with Gasteiger partial charge in [-0.1, -0.05) is 29.3 Å². The van der Waals surface area contributed by atoms with E-state index in [9.17, 15) is 4.79 Å². The largest absolute Gasteiger partial charge is 0.469 e. The van der Waals surface area contributed by atoms with Crippen LogP contribution in [0.3, 0.4) is 0 Å². The highest BCUT2D eigenvalue weighted by molar-refractivity contribution is 6.42. The summed E-state index contributed by atoms with van der Waals surface area (Å²) in [5.41, 5.74) is 1.01. The molecule has 1 saturated carbocycles. The second-order valence-corrected chi connectivity index (χ2v) is 5.87. The first-order valence-electron chi connectivity index (χ1n) is 6.73. The second kappa shape index (κ2) is 7.30. The van der Waals surface area contributed by atoms with Gasteiger partial charge in [-0.05, 0) is 43.4 Å². The zero-order valence-electron chi connectivity index (χ0n) is 11.4. The lowest BCUT2D eigenvalue weighted by Gasteiger charge is -2.27. The molecule has 1 aromatic carbocycles. The molecule has 3 nitrogen and oxygen atoms in total. The standard InChI is InChI=1S/C15H18Cl2O3/c1-19-15(18)11-3-5-12(6-4-11)20-9-10-2-7-13(16)14(17)8-10/h2,7-8,11-12H,3-6,9H2,1H3. The van der Waals surface area contributed by atoms with Crippen LogP contribution in [0.1, 0.15) is 31.2 Å². The van der Waals surface area contributed by atoms with Gasteiger partial charge in [-0.2, -0.15) is 0 Å². The molecule has 0 radical (unpaired) electrons. The zero-order chi connectivity index (χ0) is 14.5. The first kappa shape index (κ1) is 15.6. The summed E-state index contributed by atoms with van der Waals surface area (Å²) in [7, 11) is 1.44. The summed E-state index contributed by atoms with van der Waals surface area (Å²) in [5.74, 6) is -0.0715. The third-order valence-corrected chi connectivity index (χ3v) is 4.42. The fourth-order valence-electron chi connectivity index (χ4n) is 2.48. The minimum absolute atomic E-state index is 0.0322. The lowest BCUT2D eigenvalue weighted by atomic mass is 9.87. The Labute approximate surface area is 129 Å². The third-order valence-electron chi connectivity index (χ3n) is 3.68. The van der Waals surface area contributed by atoms with E-state index in [0.717, 1.165) is 31.2 Å². The predicted octanol–water partition coefficient (Wildman–Crippen LogP) is 4.24. The maximum absolute atomic E-state index is 11.4. The van der Waals surface area contributed by atoms with Crippen molar-refractivity contribution in [3.63, 3.8) is 0 Å². The van der Waals surface area contributed by atoms with Crippen molar-refractivity contribution >= 4 is 29.2 Å². The summed E-state index contributed by atoms with van der Waals surface area (Å²) in [4.78, 5) is 11.4. The topological polar surface area (TPSA) is 35.5 Å². The molecule has 0 aromatic heterocycles. The van der Waals surface area contributed by atoms with Gasteiger partial charge in [-0.15, -0.1) is 0 Å². The van der Waals surface area contributed by atoms with E-state index in [4.69, 9.17) is 32.7 Å². The van der Waals surface area contributed by atoms with Crippen LogP contribution in [0.2, 0.25) is 10.0 Å². The Hall–Kier alpha value is -0.770. The van der Waals surface area contributed by atoms with Crippen molar-refractivity contribution in [3.8, 4) is 0 Å². The minimum Gasteiger partial charge on any atom is -0.469 e. The third kappa shape index (κ3) is 4.11. The number of rotatable bonds is 4. The number of ether oxygens (including phenoxy) is 2. The van der Waals surface area contributed by atoms with E-state index in [1.165, 1.54) is 7.11 Å². The summed E-state index contributed by atoms with van der Waals surface area (Å²) in [6.07, 6.45) is 3.64. The van der Waals surface area contributed by atoms with Crippen molar-refractivity contribution < 1.29 is 14.3 Å². The second-order valence-electron chi connectivity index (χ2n) is 5.06. The van der Waals surface area contributed by atoms with Crippen molar-refractivity contribution in [2.75, 3.05) is 7.11 Å². The van der Waals surface area contributed by atoms with Crippen molar-refractivity contribution in [3.05, 3.63) is 33.8 Å². The van der Waals surface area contributed by atoms with Crippen molar-refractivity contribution in [1.29, 1.82) is 0 Å².